The van der Waals surface area contributed by atoms with Crippen molar-refractivity contribution in [3.05, 3.63) is 54.1 Å². The first-order valence-corrected chi connectivity index (χ1v) is 10.5. The molecule has 0 spiro atoms. The molecule has 2 heterocycles. The van der Waals surface area contributed by atoms with E-state index in [-0.39, 0.29) is 17.7 Å². The lowest BCUT2D eigenvalue weighted by molar-refractivity contribution is 0.0881. The van der Waals surface area contributed by atoms with Crippen LogP contribution in [0.15, 0.2) is 42.5 Å². The number of rotatable bonds is 5. The smallest absolute Gasteiger partial charge is 0.322 e. The Balaban J connectivity index is 1.44. The maximum atomic E-state index is 14.0. The minimum atomic E-state index is -0.372. The van der Waals surface area contributed by atoms with Gasteiger partial charge < -0.3 is 15.1 Å². The molecule has 0 aliphatic carbocycles. The lowest BCUT2D eigenvalue weighted by Crippen LogP contribution is -2.54. The topological polar surface area (TPSA) is 38.8 Å². The van der Waals surface area contributed by atoms with E-state index in [2.05, 4.69) is 24.1 Å². The number of carbonyl (C=O) groups is 1. The number of hydrogen-bond donors (Lipinski definition) is 1. The summed E-state index contributed by atoms with van der Waals surface area (Å²) in [6.45, 7) is 9.14. The van der Waals surface area contributed by atoms with Crippen LogP contribution in [0.2, 0.25) is 0 Å². The zero-order chi connectivity index (χ0) is 21.3. The molecule has 30 heavy (non-hydrogen) atoms. The zero-order valence-corrected chi connectivity index (χ0v) is 17.4. The van der Waals surface area contributed by atoms with Gasteiger partial charge in [0.1, 0.15) is 11.6 Å². The molecule has 0 radical (unpaired) electrons. The fourth-order valence-corrected chi connectivity index (χ4v) is 4.28. The van der Waals surface area contributed by atoms with Gasteiger partial charge in [0, 0.05) is 50.9 Å². The molecule has 0 unspecified atom stereocenters. The van der Waals surface area contributed by atoms with E-state index in [9.17, 15) is 13.6 Å². The molecule has 1 saturated heterocycles. The molecule has 2 aromatic carbocycles. The molecule has 2 aliphatic heterocycles. The number of likely N-dealkylation sites (tertiary alicyclic amines) is 1. The highest BCUT2D eigenvalue weighted by Crippen LogP contribution is 2.38. The summed E-state index contributed by atoms with van der Waals surface area (Å²) < 4.78 is 27.3. The summed E-state index contributed by atoms with van der Waals surface area (Å²) in [5, 5.41) is 3.04. The first-order valence-electron chi connectivity index (χ1n) is 10.5. The molecule has 0 saturated carbocycles. The quantitative estimate of drug-likeness (QED) is 0.796. The van der Waals surface area contributed by atoms with Gasteiger partial charge in [-0.05, 0) is 48.4 Å². The van der Waals surface area contributed by atoms with E-state index in [1.54, 1.807) is 23.1 Å². The number of nitrogens with zero attached hydrogens (tertiary/aromatic N) is 3. The maximum absolute atomic E-state index is 14.0. The summed E-state index contributed by atoms with van der Waals surface area (Å²) in [5.41, 5.74) is 2.03. The Morgan fingerprint density at radius 2 is 1.73 bits per heavy atom. The molecule has 2 aromatic rings. The van der Waals surface area contributed by atoms with Crippen LogP contribution in [0.4, 0.5) is 30.6 Å². The third-order valence-electron chi connectivity index (χ3n) is 5.65. The average molecular weight is 415 g/mol. The fraction of sp³-hybridized carbons (Fsp3) is 0.435. The molecule has 0 bridgehead atoms. The van der Waals surface area contributed by atoms with Gasteiger partial charge in [0.25, 0.3) is 0 Å². The Labute approximate surface area is 176 Å². The van der Waals surface area contributed by atoms with Crippen LogP contribution in [0.1, 0.15) is 13.8 Å². The Morgan fingerprint density at radius 1 is 1.03 bits per heavy atom. The first-order chi connectivity index (χ1) is 14.4. The number of fused-ring (bicyclic) bond motifs is 1. The Hall–Kier alpha value is -2.67. The van der Waals surface area contributed by atoms with Crippen molar-refractivity contribution in [2.45, 2.75) is 13.8 Å². The number of urea groups is 1. The van der Waals surface area contributed by atoms with Crippen LogP contribution in [0.3, 0.4) is 0 Å². The van der Waals surface area contributed by atoms with Gasteiger partial charge in [0.15, 0.2) is 0 Å². The molecule has 4 rings (SSSR count). The third-order valence-corrected chi connectivity index (χ3v) is 5.65. The summed E-state index contributed by atoms with van der Waals surface area (Å²) >= 11 is 0. The summed E-state index contributed by atoms with van der Waals surface area (Å²) in [6.07, 6.45) is 0. The SMILES string of the molecule is CC(C)CN1CC(CNC(=O)N2CCN(c3ccc(F)cc3)c3cc(F)ccc32)C1. The van der Waals surface area contributed by atoms with Crippen LogP contribution in [0.5, 0.6) is 0 Å². The second kappa shape index (κ2) is 8.60. The third kappa shape index (κ3) is 4.41. The van der Waals surface area contributed by atoms with Crippen molar-refractivity contribution in [3.63, 3.8) is 0 Å². The van der Waals surface area contributed by atoms with E-state index in [4.69, 9.17) is 0 Å². The number of hydrogen-bond acceptors (Lipinski definition) is 3. The van der Waals surface area contributed by atoms with Gasteiger partial charge in [-0.1, -0.05) is 13.8 Å². The van der Waals surface area contributed by atoms with Gasteiger partial charge in [-0.25, -0.2) is 13.6 Å². The zero-order valence-electron chi connectivity index (χ0n) is 17.4. The van der Waals surface area contributed by atoms with Gasteiger partial charge in [-0.2, -0.15) is 0 Å². The number of halogens is 2. The van der Waals surface area contributed by atoms with Crippen LogP contribution in [0, 0.1) is 23.5 Å². The number of anilines is 3. The van der Waals surface area contributed by atoms with Crippen LogP contribution in [0.25, 0.3) is 0 Å². The van der Waals surface area contributed by atoms with E-state index >= 15 is 0 Å². The van der Waals surface area contributed by atoms with Gasteiger partial charge >= 0.3 is 6.03 Å². The van der Waals surface area contributed by atoms with E-state index in [0.717, 1.165) is 25.3 Å². The summed E-state index contributed by atoms with van der Waals surface area (Å²) in [6, 6.07) is 10.4. The highest BCUT2D eigenvalue weighted by atomic mass is 19.1. The predicted octanol–water partition coefficient (Wildman–Crippen LogP) is 4.22. The Bertz CT molecular complexity index is 897. The molecule has 1 N–H and O–H groups in total. The molecule has 5 nitrogen and oxygen atoms in total. The maximum Gasteiger partial charge on any atom is 0.322 e. The van der Waals surface area contributed by atoms with E-state index in [0.29, 0.717) is 42.8 Å². The first kappa shape index (κ1) is 20.6. The molecule has 2 aliphatic rings. The van der Waals surface area contributed by atoms with Crippen LogP contribution >= 0.6 is 0 Å². The predicted molar refractivity (Wildman–Crippen MR) is 115 cm³/mol. The second-order valence-electron chi connectivity index (χ2n) is 8.58. The molecular weight excluding hydrogens is 386 g/mol. The summed E-state index contributed by atoms with van der Waals surface area (Å²) in [7, 11) is 0. The van der Waals surface area contributed by atoms with Crippen molar-refractivity contribution in [1.82, 2.24) is 10.2 Å². The number of benzene rings is 2. The van der Waals surface area contributed by atoms with Crippen molar-refractivity contribution < 1.29 is 13.6 Å². The Morgan fingerprint density at radius 3 is 2.43 bits per heavy atom. The van der Waals surface area contributed by atoms with Crippen molar-refractivity contribution in [2.24, 2.45) is 11.8 Å². The lowest BCUT2D eigenvalue weighted by Gasteiger charge is -2.41. The van der Waals surface area contributed by atoms with E-state index < -0.39 is 0 Å². The second-order valence-corrected chi connectivity index (χ2v) is 8.58. The molecule has 0 aromatic heterocycles. The highest BCUT2D eigenvalue weighted by Gasteiger charge is 2.30. The van der Waals surface area contributed by atoms with Crippen molar-refractivity contribution >= 4 is 23.1 Å². The van der Waals surface area contributed by atoms with Gasteiger partial charge in [0.2, 0.25) is 0 Å². The standard InChI is InChI=1S/C23H28F2N4O/c1-16(2)13-27-14-17(15-27)12-26-23(30)29-10-9-28(20-6-3-18(24)4-7-20)22-11-19(25)5-8-21(22)29/h3-8,11,16-17H,9-10,12-15H2,1-2H3,(H,26,30). The summed E-state index contributed by atoms with van der Waals surface area (Å²) in [4.78, 5) is 18.9. The van der Waals surface area contributed by atoms with Crippen LogP contribution < -0.4 is 15.1 Å². The number of carbonyl (C=O) groups excluding carboxylic acids is 1. The molecular formula is C23H28F2N4O. The van der Waals surface area contributed by atoms with Crippen molar-refractivity contribution in [3.8, 4) is 0 Å². The van der Waals surface area contributed by atoms with Gasteiger partial charge in [-0.15, -0.1) is 0 Å². The molecule has 0 atom stereocenters. The van der Waals surface area contributed by atoms with Crippen molar-refractivity contribution in [2.75, 3.05) is 49.1 Å². The minimum absolute atomic E-state index is 0.163. The number of nitrogens with one attached hydrogen (secondary N) is 1. The molecule has 7 heteroatoms. The van der Waals surface area contributed by atoms with E-state index in [1.165, 1.54) is 24.3 Å². The van der Waals surface area contributed by atoms with Gasteiger partial charge in [0.05, 0.1) is 11.4 Å². The van der Waals surface area contributed by atoms with Gasteiger partial charge in [-0.3, -0.25) is 4.90 Å². The van der Waals surface area contributed by atoms with Crippen molar-refractivity contribution in [1.29, 1.82) is 0 Å². The molecule has 2 amide bonds. The Kier molecular flexibility index (Phi) is 5.90. The normalized spacial score (nSPS) is 17.1. The van der Waals surface area contributed by atoms with Crippen LogP contribution in [-0.2, 0) is 0 Å². The average Bonchev–Trinajstić information content (AvgIpc) is 2.69. The van der Waals surface area contributed by atoms with E-state index in [1.807, 2.05) is 4.90 Å². The lowest BCUT2D eigenvalue weighted by atomic mass is 9.98. The molecule has 160 valence electrons. The fourth-order valence-electron chi connectivity index (χ4n) is 4.28. The molecule has 1 fully saturated rings. The van der Waals surface area contributed by atoms with Crippen LogP contribution in [-0.4, -0.2) is 50.2 Å². The largest absolute Gasteiger partial charge is 0.338 e. The highest BCUT2D eigenvalue weighted by molar-refractivity contribution is 5.97. The number of amides is 2. The monoisotopic (exact) mass is 414 g/mol. The minimum Gasteiger partial charge on any atom is -0.338 e. The summed E-state index contributed by atoms with van der Waals surface area (Å²) in [5.74, 6) is 0.428.